The highest BCUT2D eigenvalue weighted by atomic mass is 35.5. The van der Waals surface area contributed by atoms with Gasteiger partial charge in [-0.25, -0.2) is 4.39 Å². The van der Waals surface area contributed by atoms with Gasteiger partial charge in [0, 0.05) is 16.7 Å². The molecule has 21 heavy (non-hydrogen) atoms. The molecule has 0 heterocycles. The van der Waals surface area contributed by atoms with Crippen LogP contribution in [0.25, 0.3) is 0 Å². The molecular weight excluding hydrogens is 309 g/mol. The third-order valence-corrected chi connectivity index (χ3v) is 4.78. The van der Waals surface area contributed by atoms with Crippen LogP contribution < -0.4 is 10.1 Å². The van der Waals surface area contributed by atoms with Crippen molar-refractivity contribution in [3.63, 3.8) is 0 Å². The van der Waals surface area contributed by atoms with Crippen LogP contribution in [-0.4, -0.2) is 19.9 Å². The van der Waals surface area contributed by atoms with Crippen molar-refractivity contribution in [3.8, 4) is 5.75 Å². The number of hydrogen-bond acceptors (Lipinski definition) is 3. The molecule has 1 unspecified atom stereocenters. The van der Waals surface area contributed by atoms with Gasteiger partial charge in [0.15, 0.2) is 11.6 Å². The molecule has 2 rings (SSSR count). The fraction of sp³-hybridized carbons (Fsp3) is 0.250. The van der Waals surface area contributed by atoms with E-state index in [-0.39, 0.29) is 17.6 Å². The summed E-state index contributed by atoms with van der Waals surface area (Å²) in [5.41, 5.74) is 0.885. The molecule has 5 heteroatoms. The van der Waals surface area contributed by atoms with Gasteiger partial charge in [0.1, 0.15) is 0 Å². The van der Waals surface area contributed by atoms with Gasteiger partial charge < -0.3 is 10.1 Å². The number of nitrogens with one attached hydrogen (secondary N) is 1. The van der Waals surface area contributed by atoms with Crippen LogP contribution >= 0.6 is 23.4 Å². The first-order chi connectivity index (χ1) is 10.2. The molecule has 0 fully saturated rings. The highest BCUT2D eigenvalue weighted by Crippen LogP contribution is 2.31. The number of halogens is 2. The molecule has 0 saturated carbocycles. The van der Waals surface area contributed by atoms with Gasteiger partial charge in [-0.15, -0.1) is 11.8 Å². The lowest BCUT2D eigenvalue weighted by molar-refractivity contribution is 0.385. The fourth-order valence-electron chi connectivity index (χ4n) is 1.98. The Balaban J connectivity index is 2.10. The Morgan fingerprint density at radius 3 is 2.67 bits per heavy atom. The second kappa shape index (κ2) is 7.69. The molecule has 0 spiro atoms. The van der Waals surface area contributed by atoms with Crippen molar-refractivity contribution >= 4 is 23.4 Å². The van der Waals surface area contributed by atoms with E-state index in [1.807, 2.05) is 37.4 Å². The zero-order valence-corrected chi connectivity index (χ0v) is 13.5. The number of rotatable bonds is 6. The first kappa shape index (κ1) is 16.1. The maximum absolute atomic E-state index is 13.8. The second-order valence-corrected chi connectivity index (χ2v) is 5.95. The topological polar surface area (TPSA) is 21.3 Å². The third-order valence-electron chi connectivity index (χ3n) is 3.17. The van der Waals surface area contributed by atoms with Crippen molar-refractivity contribution in [3.05, 3.63) is 58.9 Å². The number of ether oxygens (including phenoxy) is 1. The Bertz CT molecular complexity index is 609. The van der Waals surface area contributed by atoms with E-state index in [0.717, 1.165) is 21.2 Å². The van der Waals surface area contributed by atoms with Gasteiger partial charge in [0.25, 0.3) is 0 Å². The molecule has 0 aliphatic rings. The number of benzene rings is 2. The molecule has 0 aliphatic carbocycles. The first-order valence-electron chi connectivity index (χ1n) is 6.53. The molecule has 0 saturated heterocycles. The van der Waals surface area contributed by atoms with Crippen LogP contribution in [0.1, 0.15) is 11.6 Å². The third kappa shape index (κ3) is 4.13. The van der Waals surface area contributed by atoms with Crippen molar-refractivity contribution in [2.45, 2.75) is 10.9 Å². The quantitative estimate of drug-likeness (QED) is 0.788. The molecule has 2 aromatic carbocycles. The fourth-order valence-corrected chi connectivity index (χ4v) is 3.37. The Labute approximate surface area is 133 Å². The van der Waals surface area contributed by atoms with E-state index >= 15 is 0 Å². The average molecular weight is 326 g/mol. The number of methoxy groups -OCH3 is 1. The molecule has 112 valence electrons. The highest BCUT2D eigenvalue weighted by molar-refractivity contribution is 7.99. The van der Waals surface area contributed by atoms with Crippen LogP contribution in [0.4, 0.5) is 4.39 Å². The van der Waals surface area contributed by atoms with Gasteiger partial charge in [-0.3, -0.25) is 0 Å². The van der Waals surface area contributed by atoms with Gasteiger partial charge in [0.05, 0.1) is 12.1 Å². The van der Waals surface area contributed by atoms with Gasteiger partial charge >= 0.3 is 0 Å². The van der Waals surface area contributed by atoms with Gasteiger partial charge in [-0.2, -0.15) is 0 Å². The maximum atomic E-state index is 13.8. The lowest BCUT2D eigenvalue weighted by atomic mass is 10.1. The van der Waals surface area contributed by atoms with Crippen LogP contribution in [0.5, 0.6) is 5.75 Å². The first-order valence-corrected chi connectivity index (χ1v) is 7.90. The summed E-state index contributed by atoms with van der Waals surface area (Å²) in [6, 6.07) is 12.8. The molecule has 0 aliphatic heterocycles. The Kier molecular flexibility index (Phi) is 5.91. The molecule has 2 aromatic rings. The van der Waals surface area contributed by atoms with Crippen molar-refractivity contribution in [1.29, 1.82) is 0 Å². The van der Waals surface area contributed by atoms with E-state index in [0.29, 0.717) is 0 Å². The molecule has 0 aromatic heterocycles. The molecule has 0 radical (unpaired) electrons. The summed E-state index contributed by atoms with van der Waals surface area (Å²) in [4.78, 5) is 1.02. The van der Waals surface area contributed by atoms with Crippen molar-refractivity contribution in [1.82, 2.24) is 5.32 Å². The maximum Gasteiger partial charge on any atom is 0.165 e. The zero-order valence-electron chi connectivity index (χ0n) is 11.9. The van der Waals surface area contributed by atoms with Gasteiger partial charge in [-0.1, -0.05) is 29.8 Å². The predicted octanol–water partition coefficient (Wildman–Crippen LogP) is 4.54. The summed E-state index contributed by atoms with van der Waals surface area (Å²) in [5, 5.41) is 3.94. The largest absolute Gasteiger partial charge is 0.494 e. The van der Waals surface area contributed by atoms with Crippen LogP contribution in [0.2, 0.25) is 5.02 Å². The second-order valence-electron chi connectivity index (χ2n) is 4.48. The molecule has 1 atom stereocenters. The summed E-state index contributed by atoms with van der Waals surface area (Å²) >= 11 is 7.79. The van der Waals surface area contributed by atoms with Crippen molar-refractivity contribution < 1.29 is 9.13 Å². The van der Waals surface area contributed by atoms with E-state index in [1.54, 1.807) is 17.8 Å². The van der Waals surface area contributed by atoms with E-state index in [1.165, 1.54) is 13.2 Å². The molecule has 2 nitrogen and oxygen atoms in total. The van der Waals surface area contributed by atoms with E-state index < -0.39 is 0 Å². The van der Waals surface area contributed by atoms with Crippen LogP contribution in [-0.2, 0) is 0 Å². The minimum Gasteiger partial charge on any atom is -0.494 e. The zero-order chi connectivity index (χ0) is 15.2. The van der Waals surface area contributed by atoms with Crippen molar-refractivity contribution in [2.24, 2.45) is 0 Å². The summed E-state index contributed by atoms with van der Waals surface area (Å²) in [5.74, 6) is 0.664. The average Bonchev–Trinajstić information content (AvgIpc) is 2.50. The number of thioether (sulfide) groups is 1. The Morgan fingerprint density at radius 1 is 1.29 bits per heavy atom. The molecule has 0 amide bonds. The number of hydrogen-bond donors (Lipinski definition) is 1. The van der Waals surface area contributed by atoms with Crippen molar-refractivity contribution in [2.75, 3.05) is 19.9 Å². The predicted molar refractivity (Wildman–Crippen MR) is 86.9 cm³/mol. The van der Waals surface area contributed by atoms with Crippen LogP contribution in [0, 0.1) is 5.82 Å². The van der Waals surface area contributed by atoms with E-state index in [9.17, 15) is 4.39 Å². The minimum atomic E-state index is -0.349. The van der Waals surface area contributed by atoms with Gasteiger partial charge in [0.2, 0.25) is 0 Å². The van der Waals surface area contributed by atoms with E-state index in [4.69, 9.17) is 16.3 Å². The molecule has 1 N–H and O–H groups in total. The lowest BCUT2D eigenvalue weighted by Crippen LogP contribution is -2.19. The summed E-state index contributed by atoms with van der Waals surface area (Å²) in [6.45, 7) is 0. The summed E-state index contributed by atoms with van der Waals surface area (Å²) < 4.78 is 18.7. The molecule has 0 bridgehead atoms. The normalized spacial score (nSPS) is 12.2. The van der Waals surface area contributed by atoms with E-state index in [2.05, 4.69) is 5.32 Å². The smallest absolute Gasteiger partial charge is 0.165 e. The van der Waals surface area contributed by atoms with Crippen LogP contribution in [0.3, 0.4) is 0 Å². The highest BCUT2D eigenvalue weighted by Gasteiger charge is 2.13. The minimum absolute atomic E-state index is 0.0340. The standard InChI is InChI=1S/C16H17ClFNOS/c1-19-14(10-21-16-6-4-3-5-12(16)17)11-7-8-15(20-2)13(18)9-11/h3-9,14,19H,10H2,1-2H3. The Morgan fingerprint density at radius 2 is 2.05 bits per heavy atom. The summed E-state index contributed by atoms with van der Waals surface area (Å²) in [6.07, 6.45) is 0. The Hall–Kier alpha value is -1.23. The van der Waals surface area contributed by atoms with Gasteiger partial charge in [-0.05, 0) is 36.9 Å². The summed E-state index contributed by atoms with van der Waals surface area (Å²) in [7, 11) is 3.32. The lowest BCUT2D eigenvalue weighted by Gasteiger charge is -2.17. The SMILES string of the molecule is CNC(CSc1ccccc1Cl)c1ccc(OC)c(F)c1. The monoisotopic (exact) mass is 325 g/mol. The molecular formula is C16H17ClFNOS. The van der Waals surface area contributed by atoms with Crippen LogP contribution in [0.15, 0.2) is 47.4 Å².